The van der Waals surface area contributed by atoms with Gasteiger partial charge < -0.3 is 11.1 Å². The Balaban J connectivity index is 1.91. The number of carbonyl (C=O) groups excluding carboxylic acids is 1. The van der Waals surface area contributed by atoms with Gasteiger partial charge in [0, 0.05) is 12.7 Å². The second kappa shape index (κ2) is 6.05. The summed E-state index contributed by atoms with van der Waals surface area (Å²) in [6.07, 6.45) is 3.36. The van der Waals surface area contributed by atoms with Gasteiger partial charge in [0.25, 0.3) is 0 Å². The third kappa shape index (κ3) is 3.59. The van der Waals surface area contributed by atoms with Gasteiger partial charge in [-0.15, -0.1) is 5.10 Å². The van der Waals surface area contributed by atoms with Crippen LogP contribution < -0.4 is 11.1 Å². The van der Waals surface area contributed by atoms with Gasteiger partial charge >= 0.3 is 0 Å². The van der Waals surface area contributed by atoms with Gasteiger partial charge in [0.05, 0.1) is 23.6 Å². The third-order valence-electron chi connectivity index (χ3n) is 2.61. The normalized spacial score (nSPS) is 12.1. The maximum atomic E-state index is 11.8. The lowest BCUT2D eigenvalue weighted by atomic mass is 10.2. The van der Waals surface area contributed by atoms with E-state index >= 15 is 0 Å². The van der Waals surface area contributed by atoms with Crippen LogP contribution in [-0.2, 0) is 17.9 Å². The summed E-state index contributed by atoms with van der Waals surface area (Å²) in [5.41, 5.74) is 6.90. The average molecular weight is 260 g/mol. The van der Waals surface area contributed by atoms with Crippen LogP contribution in [0.25, 0.3) is 0 Å². The molecule has 0 spiro atoms. The van der Waals surface area contributed by atoms with Crippen LogP contribution in [0.1, 0.15) is 24.4 Å². The number of pyridine rings is 1. The Hall–Kier alpha value is -2.28. The van der Waals surface area contributed by atoms with E-state index < -0.39 is 0 Å². The number of nitrogens with one attached hydrogen (secondary N) is 1. The van der Waals surface area contributed by atoms with Crippen molar-refractivity contribution in [1.82, 2.24) is 25.3 Å². The highest BCUT2D eigenvalue weighted by atomic mass is 16.2. The highest BCUT2D eigenvalue weighted by molar-refractivity contribution is 5.76. The molecule has 0 saturated carbocycles. The van der Waals surface area contributed by atoms with Gasteiger partial charge in [0.2, 0.25) is 5.91 Å². The molecule has 2 heterocycles. The summed E-state index contributed by atoms with van der Waals surface area (Å²) in [6, 6.07) is 5.44. The molecule has 0 fully saturated rings. The van der Waals surface area contributed by atoms with Crippen molar-refractivity contribution in [3.63, 3.8) is 0 Å². The van der Waals surface area contributed by atoms with E-state index in [4.69, 9.17) is 5.73 Å². The first-order valence-electron chi connectivity index (χ1n) is 5.98. The van der Waals surface area contributed by atoms with Crippen LogP contribution in [0.4, 0.5) is 0 Å². The summed E-state index contributed by atoms with van der Waals surface area (Å²) in [7, 11) is 0. The molecule has 0 aliphatic carbocycles. The van der Waals surface area contributed by atoms with E-state index in [2.05, 4.69) is 20.6 Å². The maximum Gasteiger partial charge on any atom is 0.242 e. The SMILES string of the molecule is CC(NC(=O)Cn1cc(CN)nn1)c1ccccn1. The van der Waals surface area contributed by atoms with Gasteiger partial charge in [-0.05, 0) is 19.1 Å². The van der Waals surface area contributed by atoms with Crippen molar-refractivity contribution < 1.29 is 4.79 Å². The van der Waals surface area contributed by atoms with Crippen LogP contribution in [0.5, 0.6) is 0 Å². The quantitative estimate of drug-likeness (QED) is 0.789. The Morgan fingerprint density at radius 1 is 1.53 bits per heavy atom. The Morgan fingerprint density at radius 3 is 3.00 bits per heavy atom. The predicted molar refractivity (Wildman–Crippen MR) is 68.7 cm³/mol. The van der Waals surface area contributed by atoms with Crippen LogP contribution in [0.15, 0.2) is 30.6 Å². The highest BCUT2D eigenvalue weighted by Crippen LogP contribution is 2.07. The zero-order valence-corrected chi connectivity index (χ0v) is 10.7. The number of nitrogens with two attached hydrogens (primary N) is 1. The Kier molecular flexibility index (Phi) is 4.19. The molecule has 0 aliphatic heterocycles. The number of amides is 1. The molecule has 100 valence electrons. The van der Waals surface area contributed by atoms with Gasteiger partial charge in [0.15, 0.2) is 0 Å². The molecule has 19 heavy (non-hydrogen) atoms. The Morgan fingerprint density at radius 2 is 2.37 bits per heavy atom. The molecule has 0 aromatic carbocycles. The van der Waals surface area contributed by atoms with E-state index in [0.717, 1.165) is 5.69 Å². The summed E-state index contributed by atoms with van der Waals surface area (Å²) in [5.74, 6) is -0.147. The maximum absolute atomic E-state index is 11.8. The number of hydrogen-bond acceptors (Lipinski definition) is 5. The molecule has 2 rings (SSSR count). The summed E-state index contributed by atoms with van der Waals surface area (Å²) >= 11 is 0. The van der Waals surface area contributed by atoms with Crippen molar-refractivity contribution in [1.29, 1.82) is 0 Å². The van der Waals surface area contributed by atoms with E-state index in [1.165, 1.54) is 4.68 Å². The van der Waals surface area contributed by atoms with Crippen molar-refractivity contribution in [2.75, 3.05) is 0 Å². The van der Waals surface area contributed by atoms with E-state index in [0.29, 0.717) is 12.2 Å². The zero-order chi connectivity index (χ0) is 13.7. The van der Waals surface area contributed by atoms with Gasteiger partial charge in [-0.25, -0.2) is 4.68 Å². The first-order chi connectivity index (χ1) is 9.19. The molecule has 1 amide bonds. The second-order valence-electron chi connectivity index (χ2n) is 4.16. The number of nitrogens with zero attached hydrogens (tertiary/aromatic N) is 4. The minimum absolute atomic E-state index is 0.115. The number of hydrogen-bond donors (Lipinski definition) is 2. The zero-order valence-electron chi connectivity index (χ0n) is 10.7. The molecule has 7 nitrogen and oxygen atoms in total. The number of rotatable bonds is 5. The fourth-order valence-electron chi connectivity index (χ4n) is 1.65. The average Bonchev–Trinajstić information content (AvgIpc) is 2.87. The van der Waals surface area contributed by atoms with Crippen molar-refractivity contribution in [2.45, 2.75) is 26.1 Å². The van der Waals surface area contributed by atoms with Crippen LogP contribution >= 0.6 is 0 Å². The molecule has 0 saturated heterocycles. The van der Waals surface area contributed by atoms with Gasteiger partial charge in [-0.1, -0.05) is 11.3 Å². The summed E-state index contributed by atoms with van der Waals surface area (Å²) in [6.45, 7) is 2.31. The molecule has 1 atom stereocenters. The molecule has 1 unspecified atom stereocenters. The molecule has 0 aliphatic rings. The topological polar surface area (TPSA) is 98.7 Å². The van der Waals surface area contributed by atoms with E-state index in [1.54, 1.807) is 12.4 Å². The molecule has 3 N–H and O–H groups in total. The molecular weight excluding hydrogens is 244 g/mol. The molecule has 2 aromatic rings. The lowest BCUT2D eigenvalue weighted by Gasteiger charge is -2.12. The molecule has 7 heteroatoms. The molecular formula is C12H16N6O. The van der Waals surface area contributed by atoms with Gasteiger partial charge in [-0.2, -0.15) is 0 Å². The van der Waals surface area contributed by atoms with Crippen molar-refractivity contribution in [3.8, 4) is 0 Å². The first kappa shape index (κ1) is 13.2. The summed E-state index contributed by atoms with van der Waals surface area (Å²) in [5, 5.41) is 10.5. The standard InChI is InChI=1S/C12H16N6O/c1-9(11-4-2-3-5-14-11)15-12(19)8-18-7-10(6-13)16-17-18/h2-5,7,9H,6,8,13H2,1H3,(H,15,19). The molecule has 2 aromatic heterocycles. The third-order valence-corrected chi connectivity index (χ3v) is 2.61. The summed E-state index contributed by atoms with van der Waals surface area (Å²) in [4.78, 5) is 16.0. The second-order valence-corrected chi connectivity index (χ2v) is 4.16. The predicted octanol–water partition coefficient (Wildman–Crippen LogP) is 0.00920. The van der Waals surface area contributed by atoms with Crippen LogP contribution in [0, 0.1) is 0 Å². The number of carbonyl (C=O) groups is 1. The first-order valence-corrected chi connectivity index (χ1v) is 5.98. The van der Waals surface area contributed by atoms with Crippen LogP contribution in [0.2, 0.25) is 0 Å². The highest BCUT2D eigenvalue weighted by Gasteiger charge is 2.11. The monoisotopic (exact) mass is 260 g/mol. The van der Waals surface area contributed by atoms with Crippen LogP contribution in [0.3, 0.4) is 0 Å². The smallest absolute Gasteiger partial charge is 0.242 e. The van der Waals surface area contributed by atoms with Crippen molar-refractivity contribution >= 4 is 5.91 Å². The fraction of sp³-hybridized carbons (Fsp3) is 0.333. The Labute approximate surface area is 110 Å². The molecule has 0 bridgehead atoms. The van der Waals surface area contributed by atoms with E-state index in [-0.39, 0.29) is 18.5 Å². The minimum Gasteiger partial charge on any atom is -0.346 e. The van der Waals surface area contributed by atoms with Crippen molar-refractivity contribution in [3.05, 3.63) is 42.0 Å². The number of aromatic nitrogens is 4. The van der Waals surface area contributed by atoms with Crippen LogP contribution in [-0.4, -0.2) is 25.9 Å². The van der Waals surface area contributed by atoms with Gasteiger partial charge in [0.1, 0.15) is 6.54 Å². The fourth-order valence-corrected chi connectivity index (χ4v) is 1.65. The van der Waals surface area contributed by atoms with E-state index in [9.17, 15) is 4.79 Å². The summed E-state index contributed by atoms with van der Waals surface area (Å²) < 4.78 is 1.46. The minimum atomic E-state index is -0.147. The Bertz CT molecular complexity index is 538. The lowest BCUT2D eigenvalue weighted by molar-refractivity contribution is -0.122. The lowest BCUT2D eigenvalue weighted by Crippen LogP contribution is -2.30. The largest absolute Gasteiger partial charge is 0.346 e. The molecule has 0 radical (unpaired) electrons. The van der Waals surface area contributed by atoms with E-state index in [1.807, 2.05) is 25.1 Å². The van der Waals surface area contributed by atoms with Gasteiger partial charge in [-0.3, -0.25) is 9.78 Å². The van der Waals surface area contributed by atoms with Crippen molar-refractivity contribution in [2.24, 2.45) is 5.73 Å².